The molecule has 4 nitrogen and oxygen atoms in total. The van der Waals surface area contributed by atoms with E-state index in [0.717, 1.165) is 19.3 Å². The Balaban J connectivity index is 1.78. The average molecular weight is 288 g/mol. The minimum Gasteiger partial charge on any atom is -0.352 e. The van der Waals surface area contributed by atoms with Gasteiger partial charge in [0.05, 0.1) is 6.54 Å². The lowest BCUT2D eigenvalue weighted by atomic mass is 9.82. The van der Waals surface area contributed by atoms with Crippen molar-refractivity contribution in [2.24, 2.45) is 5.92 Å². The molecular weight excluding hydrogens is 264 g/mol. The molecule has 1 aromatic carbocycles. The topological polar surface area (TPSA) is 49.4 Å². The summed E-state index contributed by atoms with van der Waals surface area (Å²) in [6.07, 6.45) is 2.87. The summed E-state index contributed by atoms with van der Waals surface area (Å²) in [6, 6.07) is 10.3. The van der Waals surface area contributed by atoms with Crippen molar-refractivity contribution in [2.45, 2.75) is 39.2 Å². The zero-order chi connectivity index (χ0) is 15.2. The molecule has 21 heavy (non-hydrogen) atoms. The van der Waals surface area contributed by atoms with Crippen molar-refractivity contribution in [3.63, 3.8) is 0 Å². The van der Waals surface area contributed by atoms with Gasteiger partial charge in [0, 0.05) is 19.5 Å². The van der Waals surface area contributed by atoms with Crippen molar-refractivity contribution < 1.29 is 9.59 Å². The van der Waals surface area contributed by atoms with Crippen molar-refractivity contribution in [2.75, 3.05) is 13.1 Å². The smallest absolute Gasteiger partial charge is 0.239 e. The molecule has 1 saturated carbocycles. The molecule has 114 valence electrons. The number of hydrogen-bond donors (Lipinski definition) is 1. The molecule has 0 aromatic heterocycles. The first-order chi connectivity index (χ1) is 10.0. The van der Waals surface area contributed by atoms with Crippen molar-refractivity contribution in [1.29, 1.82) is 0 Å². The zero-order valence-electron chi connectivity index (χ0n) is 12.8. The van der Waals surface area contributed by atoms with E-state index < -0.39 is 0 Å². The minimum atomic E-state index is -0.0527. The molecule has 1 aromatic rings. The summed E-state index contributed by atoms with van der Waals surface area (Å²) in [5, 5.41) is 3.00. The van der Waals surface area contributed by atoms with E-state index in [1.165, 1.54) is 12.5 Å². The molecule has 0 heterocycles. The molecule has 2 rings (SSSR count). The van der Waals surface area contributed by atoms with E-state index >= 15 is 0 Å². The van der Waals surface area contributed by atoms with Crippen molar-refractivity contribution in [1.82, 2.24) is 10.2 Å². The lowest BCUT2D eigenvalue weighted by Crippen LogP contribution is -2.48. The van der Waals surface area contributed by atoms with E-state index in [2.05, 4.69) is 12.2 Å². The standard InChI is InChI=1S/C17H24N2O2/c1-13-10-16(11-13)18-17(21)12-19(14(2)20)9-8-15-6-4-3-5-7-15/h3-7,13,16H,8-12H2,1-2H3,(H,18,21). The highest BCUT2D eigenvalue weighted by molar-refractivity contribution is 5.84. The van der Waals surface area contributed by atoms with Gasteiger partial charge in [-0.15, -0.1) is 0 Å². The maximum absolute atomic E-state index is 12.0. The first-order valence-electron chi connectivity index (χ1n) is 7.63. The van der Waals surface area contributed by atoms with Crippen LogP contribution in [-0.2, 0) is 16.0 Å². The fourth-order valence-corrected chi connectivity index (χ4v) is 2.72. The normalized spacial score (nSPS) is 20.5. The second-order valence-corrected chi connectivity index (χ2v) is 6.02. The third-order valence-corrected chi connectivity index (χ3v) is 4.03. The van der Waals surface area contributed by atoms with Gasteiger partial charge in [-0.1, -0.05) is 37.3 Å². The average Bonchev–Trinajstić information content (AvgIpc) is 2.42. The Labute approximate surface area is 126 Å². The van der Waals surface area contributed by atoms with Gasteiger partial charge in [0.2, 0.25) is 11.8 Å². The number of benzene rings is 1. The van der Waals surface area contributed by atoms with Gasteiger partial charge in [-0.25, -0.2) is 0 Å². The zero-order valence-corrected chi connectivity index (χ0v) is 12.8. The summed E-state index contributed by atoms with van der Waals surface area (Å²) < 4.78 is 0. The van der Waals surface area contributed by atoms with E-state index in [0.29, 0.717) is 18.5 Å². The van der Waals surface area contributed by atoms with Gasteiger partial charge in [0.1, 0.15) is 0 Å². The van der Waals surface area contributed by atoms with Crippen molar-refractivity contribution in [3.05, 3.63) is 35.9 Å². The lowest BCUT2D eigenvalue weighted by Gasteiger charge is -2.34. The molecule has 0 spiro atoms. The number of nitrogens with zero attached hydrogens (tertiary/aromatic N) is 1. The molecule has 0 radical (unpaired) electrons. The molecule has 0 atom stereocenters. The van der Waals surface area contributed by atoms with Gasteiger partial charge in [0.25, 0.3) is 0 Å². The van der Waals surface area contributed by atoms with E-state index in [1.54, 1.807) is 4.90 Å². The van der Waals surface area contributed by atoms with Crippen LogP contribution in [0.1, 0.15) is 32.3 Å². The van der Waals surface area contributed by atoms with Crippen LogP contribution in [0.5, 0.6) is 0 Å². The maximum Gasteiger partial charge on any atom is 0.239 e. The fourth-order valence-electron chi connectivity index (χ4n) is 2.72. The highest BCUT2D eigenvalue weighted by Crippen LogP contribution is 2.26. The first kappa shape index (κ1) is 15.5. The summed E-state index contributed by atoms with van der Waals surface area (Å²) in [6.45, 7) is 4.44. The Morgan fingerprint density at radius 3 is 2.48 bits per heavy atom. The molecule has 0 bridgehead atoms. The van der Waals surface area contributed by atoms with Gasteiger partial charge in [-0.2, -0.15) is 0 Å². The Kier molecular flexibility index (Phi) is 5.37. The van der Waals surface area contributed by atoms with Gasteiger partial charge in [-0.3, -0.25) is 9.59 Å². The van der Waals surface area contributed by atoms with Crippen LogP contribution in [-0.4, -0.2) is 35.8 Å². The van der Waals surface area contributed by atoms with Crippen LogP contribution < -0.4 is 5.32 Å². The largest absolute Gasteiger partial charge is 0.352 e. The number of carbonyl (C=O) groups is 2. The number of carbonyl (C=O) groups excluding carboxylic acids is 2. The number of amides is 2. The van der Waals surface area contributed by atoms with Crippen LogP contribution in [0.4, 0.5) is 0 Å². The molecule has 1 N–H and O–H groups in total. The van der Waals surface area contributed by atoms with Crippen LogP contribution >= 0.6 is 0 Å². The van der Waals surface area contributed by atoms with E-state index in [4.69, 9.17) is 0 Å². The van der Waals surface area contributed by atoms with Crippen LogP contribution in [0.2, 0.25) is 0 Å². The fraction of sp³-hybridized carbons (Fsp3) is 0.529. The Hall–Kier alpha value is -1.84. The third-order valence-electron chi connectivity index (χ3n) is 4.03. The quantitative estimate of drug-likeness (QED) is 0.870. The summed E-state index contributed by atoms with van der Waals surface area (Å²) in [7, 11) is 0. The summed E-state index contributed by atoms with van der Waals surface area (Å²) in [4.78, 5) is 25.3. The predicted octanol–water partition coefficient (Wildman–Crippen LogP) is 1.99. The van der Waals surface area contributed by atoms with E-state index in [-0.39, 0.29) is 18.4 Å². The SMILES string of the molecule is CC(=O)N(CCc1ccccc1)CC(=O)NC1CC(C)C1. The van der Waals surface area contributed by atoms with Crippen LogP contribution in [0.15, 0.2) is 30.3 Å². The second-order valence-electron chi connectivity index (χ2n) is 6.02. The van der Waals surface area contributed by atoms with Crippen molar-refractivity contribution in [3.8, 4) is 0 Å². The monoisotopic (exact) mass is 288 g/mol. The number of rotatable bonds is 6. The van der Waals surface area contributed by atoms with Gasteiger partial charge < -0.3 is 10.2 Å². The maximum atomic E-state index is 12.0. The molecule has 0 saturated heterocycles. The van der Waals surface area contributed by atoms with E-state index in [1.807, 2.05) is 30.3 Å². The van der Waals surface area contributed by atoms with E-state index in [9.17, 15) is 9.59 Å². The Bertz CT molecular complexity index is 481. The second kappa shape index (κ2) is 7.25. The molecule has 0 aliphatic heterocycles. The molecule has 1 aliphatic rings. The summed E-state index contributed by atoms with van der Waals surface area (Å²) in [5.74, 6) is 0.607. The van der Waals surface area contributed by atoms with Crippen molar-refractivity contribution >= 4 is 11.8 Å². The first-order valence-corrected chi connectivity index (χ1v) is 7.63. The highest BCUT2D eigenvalue weighted by atomic mass is 16.2. The minimum absolute atomic E-state index is 0.0461. The molecule has 1 fully saturated rings. The van der Waals surface area contributed by atoms with Crippen LogP contribution in [0.3, 0.4) is 0 Å². The molecule has 0 unspecified atom stereocenters. The number of nitrogens with one attached hydrogen (secondary N) is 1. The van der Waals surface area contributed by atoms with Gasteiger partial charge in [-0.05, 0) is 30.7 Å². The predicted molar refractivity (Wildman–Crippen MR) is 82.7 cm³/mol. The molecular formula is C17H24N2O2. The van der Waals surface area contributed by atoms with Gasteiger partial charge in [0.15, 0.2) is 0 Å². The summed E-state index contributed by atoms with van der Waals surface area (Å²) >= 11 is 0. The molecule has 1 aliphatic carbocycles. The molecule has 4 heteroatoms. The van der Waals surface area contributed by atoms with Crippen LogP contribution in [0.25, 0.3) is 0 Å². The lowest BCUT2D eigenvalue weighted by molar-refractivity contribution is -0.134. The Morgan fingerprint density at radius 1 is 1.24 bits per heavy atom. The van der Waals surface area contributed by atoms with Crippen LogP contribution in [0, 0.1) is 5.92 Å². The third kappa shape index (κ3) is 4.88. The Morgan fingerprint density at radius 2 is 1.90 bits per heavy atom. The highest BCUT2D eigenvalue weighted by Gasteiger charge is 2.27. The molecule has 2 amide bonds. The summed E-state index contributed by atoms with van der Waals surface area (Å²) in [5.41, 5.74) is 1.18. The number of hydrogen-bond acceptors (Lipinski definition) is 2. The van der Waals surface area contributed by atoms with Gasteiger partial charge >= 0.3 is 0 Å².